The molecule has 3 heterocycles. The van der Waals surface area contributed by atoms with Crippen molar-refractivity contribution in [1.82, 2.24) is 19.9 Å². The van der Waals surface area contributed by atoms with E-state index in [0.29, 0.717) is 29.5 Å². The van der Waals surface area contributed by atoms with Crippen molar-refractivity contribution in [1.29, 1.82) is 5.26 Å². The lowest BCUT2D eigenvalue weighted by atomic mass is 10.0. The number of nitriles is 1. The van der Waals surface area contributed by atoms with E-state index in [2.05, 4.69) is 21.3 Å². The normalized spacial score (nSPS) is 16.2. The molecule has 30 heavy (non-hydrogen) atoms. The number of hydrogen-bond donors (Lipinski definition) is 1. The van der Waals surface area contributed by atoms with Crippen molar-refractivity contribution in [3.8, 4) is 23.1 Å². The van der Waals surface area contributed by atoms with Crippen molar-refractivity contribution < 1.29 is 4.74 Å². The second kappa shape index (κ2) is 8.35. The van der Waals surface area contributed by atoms with Gasteiger partial charge < -0.3 is 15.0 Å². The van der Waals surface area contributed by atoms with Gasteiger partial charge in [-0.05, 0) is 24.3 Å². The Morgan fingerprint density at radius 3 is 2.77 bits per heavy atom. The molecule has 1 N–H and O–H groups in total. The number of rotatable bonds is 4. The van der Waals surface area contributed by atoms with Crippen molar-refractivity contribution in [3.63, 3.8) is 0 Å². The molecule has 8 heteroatoms. The molecule has 2 aromatic heterocycles. The van der Waals surface area contributed by atoms with E-state index < -0.39 is 0 Å². The van der Waals surface area contributed by atoms with Crippen LogP contribution in [0, 0.1) is 11.3 Å². The van der Waals surface area contributed by atoms with Crippen LogP contribution in [0.15, 0.2) is 53.6 Å². The monoisotopic (exact) mass is 402 g/mol. The van der Waals surface area contributed by atoms with Crippen LogP contribution in [0.3, 0.4) is 0 Å². The zero-order valence-electron chi connectivity index (χ0n) is 16.9. The Balaban J connectivity index is 1.68. The first kappa shape index (κ1) is 19.6. The summed E-state index contributed by atoms with van der Waals surface area (Å²) in [4.78, 5) is 23.5. The van der Waals surface area contributed by atoms with Crippen molar-refractivity contribution >= 4 is 5.95 Å². The fourth-order valence-corrected chi connectivity index (χ4v) is 3.69. The zero-order chi connectivity index (χ0) is 21.1. The minimum atomic E-state index is -0.113. The molecule has 0 aliphatic carbocycles. The molecule has 0 saturated carbocycles. The SMILES string of the molecule is COc1cc(C#N)ccc1C1CN(c2nc(-c3ccncc3)cc(=O)n2C)CCN1. The molecule has 0 radical (unpaired) electrons. The fourth-order valence-electron chi connectivity index (χ4n) is 3.69. The molecular weight excluding hydrogens is 380 g/mol. The first-order chi connectivity index (χ1) is 14.6. The summed E-state index contributed by atoms with van der Waals surface area (Å²) in [6.45, 7) is 2.06. The highest BCUT2D eigenvalue weighted by Gasteiger charge is 2.26. The minimum absolute atomic E-state index is 0.0251. The van der Waals surface area contributed by atoms with E-state index >= 15 is 0 Å². The highest BCUT2D eigenvalue weighted by atomic mass is 16.5. The van der Waals surface area contributed by atoms with Gasteiger partial charge in [0.25, 0.3) is 5.56 Å². The zero-order valence-corrected chi connectivity index (χ0v) is 16.9. The predicted octanol–water partition coefficient (Wildman–Crippen LogP) is 1.87. The van der Waals surface area contributed by atoms with Gasteiger partial charge >= 0.3 is 0 Å². The molecule has 0 amide bonds. The van der Waals surface area contributed by atoms with Gasteiger partial charge in [0, 0.05) is 56.3 Å². The standard InChI is InChI=1S/C22H22N6O2/c1-27-21(29)12-18(16-5-7-24-8-6-16)26-22(27)28-10-9-25-19(14-28)17-4-3-15(13-23)11-20(17)30-2/h3-8,11-12,19,25H,9-10,14H2,1-2H3. The quantitative estimate of drug-likeness (QED) is 0.712. The van der Waals surface area contributed by atoms with Gasteiger partial charge in [-0.15, -0.1) is 0 Å². The Hall–Kier alpha value is -3.70. The third-order valence-electron chi connectivity index (χ3n) is 5.28. The summed E-state index contributed by atoms with van der Waals surface area (Å²) in [6, 6.07) is 12.8. The smallest absolute Gasteiger partial charge is 0.255 e. The van der Waals surface area contributed by atoms with E-state index in [-0.39, 0.29) is 11.6 Å². The molecule has 1 aliphatic heterocycles. The summed E-state index contributed by atoms with van der Waals surface area (Å²) >= 11 is 0. The van der Waals surface area contributed by atoms with Crippen LogP contribution in [0.25, 0.3) is 11.3 Å². The molecule has 4 rings (SSSR count). The highest BCUT2D eigenvalue weighted by molar-refractivity contribution is 5.59. The van der Waals surface area contributed by atoms with Crippen LogP contribution >= 0.6 is 0 Å². The van der Waals surface area contributed by atoms with E-state index in [1.807, 2.05) is 18.2 Å². The van der Waals surface area contributed by atoms with Crippen LogP contribution < -0.4 is 20.5 Å². The van der Waals surface area contributed by atoms with Crippen LogP contribution in [0.2, 0.25) is 0 Å². The maximum atomic E-state index is 12.6. The summed E-state index contributed by atoms with van der Waals surface area (Å²) in [5, 5.41) is 12.7. The van der Waals surface area contributed by atoms with Crippen molar-refractivity contribution in [3.05, 3.63) is 70.3 Å². The highest BCUT2D eigenvalue weighted by Crippen LogP contribution is 2.29. The van der Waals surface area contributed by atoms with Crippen LogP contribution in [-0.4, -0.2) is 41.3 Å². The lowest BCUT2D eigenvalue weighted by Gasteiger charge is -2.35. The summed E-state index contributed by atoms with van der Waals surface area (Å²) in [7, 11) is 3.34. The van der Waals surface area contributed by atoms with Gasteiger partial charge in [0.05, 0.1) is 30.5 Å². The third kappa shape index (κ3) is 3.75. The topological polar surface area (TPSA) is 96.1 Å². The van der Waals surface area contributed by atoms with Gasteiger partial charge in [0.15, 0.2) is 0 Å². The lowest BCUT2D eigenvalue weighted by Crippen LogP contribution is -2.47. The Morgan fingerprint density at radius 2 is 2.03 bits per heavy atom. The van der Waals surface area contributed by atoms with Crippen molar-refractivity contribution in [2.45, 2.75) is 6.04 Å². The molecule has 0 bridgehead atoms. The van der Waals surface area contributed by atoms with Gasteiger partial charge in [-0.25, -0.2) is 4.98 Å². The largest absolute Gasteiger partial charge is 0.496 e. The van der Waals surface area contributed by atoms with Gasteiger partial charge in [-0.2, -0.15) is 5.26 Å². The maximum Gasteiger partial charge on any atom is 0.255 e. The molecule has 1 aromatic carbocycles. The summed E-state index contributed by atoms with van der Waals surface area (Å²) in [5.74, 6) is 1.29. The molecule has 1 fully saturated rings. The molecule has 3 aromatic rings. The van der Waals surface area contributed by atoms with Crippen LogP contribution in [0.5, 0.6) is 5.75 Å². The predicted molar refractivity (Wildman–Crippen MR) is 113 cm³/mol. The molecule has 1 aliphatic rings. The number of benzene rings is 1. The second-order valence-electron chi connectivity index (χ2n) is 7.10. The van der Waals surface area contributed by atoms with E-state index in [4.69, 9.17) is 15.0 Å². The van der Waals surface area contributed by atoms with Gasteiger partial charge in [-0.3, -0.25) is 14.3 Å². The van der Waals surface area contributed by atoms with Gasteiger partial charge in [0.2, 0.25) is 5.95 Å². The average Bonchev–Trinajstić information content (AvgIpc) is 2.81. The number of pyridine rings is 1. The summed E-state index contributed by atoms with van der Waals surface area (Å²) in [5.41, 5.74) is 2.89. The maximum absolute atomic E-state index is 12.6. The molecule has 1 unspecified atom stereocenters. The summed E-state index contributed by atoms with van der Waals surface area (Å²) in [6.07, 6.45) is 3.37. The first-order valence-electron chi connectivity index (χ1n) is 9.65. The minimum Gasteiger partial charge on any atom is -0.496 e. The number of piperazine rings is 1. The van der Waals surface area contributed by atoms with Crippen molar-refractivity contribution in [2.24, 2.45) is 7.05 Å². The first-order valence-corrected chi connectivity index (χ1v) is 9.65. The second-order valence-corrected chi connectivity index (χ2v) is 7.10. The Morgan fingerprint density at radius 1 is 1.23 bits per heavy atom. The molecule has 1 atom stereocenters. The number of ether oxygens (including phenoxy) is 1. The number of aromatic nitrogens is 3. The Kier molecular flexibility index (Phi) is 5.46. The van der Waals surface area contributed by atoms with E-state index in [9.17, 15) is 4.79 Å². The number of nitrogens with one attached hydrogen (secondary N) is 1. The van der Waals surface area contributed by atoms with Crippen LogP contribution in [0.4, 0.5) is 5.95 Å². The number of anilines is 1. The van der Waals surface area contributed by atoms with E-state index in [1.165, 1.54) is 0 Å². The Bertz CT molecular complexity index is 1150. The Labute approximate surface area is 174 Å². The molecule has 8 nitrogen and oxygen atoms in total. The molecule has 1 saturated heterocycles. The number of nitrogens with zero attached hydrogens (tertiary/aromatic N) is 5. The molecule has 0 spiro atoms. The van der Waals surface area contributed by atoms with Crippen LogP contribution in [0.1, 0.15) is 17.2 Å². The van der Waals surface area contributed by atoms with Crippen LogP contribution in [-0.2, 0) is 7.05 Å². The third-order valence-corrected chi connectivity index (χ3v) is 5.28. The van der Waals surface area contributed by atoms with Gasteiger partial charge in [0.1, 0.15) is 5.75 Å². The fraction of sp³-hybridized carbons (Fsp3) is 0.273. The lowest BCUT2D eigenvalue weighted by molar-refractivity contribution is 0.390. The van der Waals surface area contributed by atoms with E-state index in [0.717, 1.165) is 24.2 Å². The van der Waals surface area contributed by atoms with Gasteiger partial charge in [-0.1, -0.05) is 6.07 Å². The average molecular weight is 402 g/mol. The summed E-state index contributed by atoms with van der Waals surface area (Å²) < 4.78 is 7.09. The van der Waals surface area contributed by atoms with Crippen molar-refractivity contribution in [2.75, 3.05) is 31.6 Å². The number of hydrogen-bond acceptors (Lipinski definition) is 7. The molecule has 152 valence electrons. The number of methoxy groups -OCH3 is 1. The molecular formula is C22H22N6O2. The van der Waals surface area contributed by atoms with E-state index in [1.54, 1.807) is 49.3 Å².